The molecule has 0 aromatic heterocycles. The van der Waals surface area contributed by atoms with Crippen LogP contribution in [0.3, 0.4) is 0 Å². The van der Waals surface area contributed by atoms with Crippen molar-refractivity contribution in [2.45, 2.75) is 50.5 Å². The van der Waals surface area contributed by atoms with Crippen molar-refractivity contribution in [1.29, 1.82) is 0 Å². The number of hydrogen-bond donors (Lipinski definition) is 3. The number of carbonyl (C=O) groups is 2. The third-order valence-electron chi connectivity index (χ3n) is 3.10. The van der Waals surface area contributed by atoms with Gasteiger partial charge in [-0.1, -0.05) is 19.3 Å². The van der Waals surface area contributed by atoms with Crippen molar-refractivity contribution in [3.63, 3.8) is 0 Å². The van der Waals surface area contributed by atoms with Crippen LogP contribution in [0.25, 0.3) is 0 Å². The lowest BCUT2D eigenvalue weighted by Gasteiger charge is -2.34. The number of carboxylic acid groups (broad SMARTS) is 1. The SMILES string of the molecule is NCCCC(=O)NC1(C(=O)O)CCCCC1. The van der Waals surface area contributed by atoms with E-state index < -0.39 is 11.5 Å². The molecule has 0 atom stereocenters. The van der Waals surface area contributed by atoms with E-state index in [2.05, 4.69) is 5.32 Å². The summed E-state index contributed by atoms with van der Waals surface area (Å²) in [5, 5.41) is 11.9. The zero-order valence-electron chi connectivity index (χ0n) is 9.50. The van der Waals surface area contributed by atoms with Gasteiger partial charge in [0.15, 0.2) is 0 Å². The van der Waals surface area contributed by atoms with Crippen molar-refractivity contribution in [3.8, 4) is 0 Å². The molecule has 0 radical (unpaired) electrons. The number of hydrogen-bond acceptors (Lipinski definition) is 3. The zero-order chi connectivity index (χ0) is 12.0. The van der Waals surface area contributed by atoms with Gasteiger partial charge in [-0.15, -0.1) is 0 Å². The first-order chi connectivity index (χ1) is 7.60. The topological polar surface area (TPSA) is 92.4 Å². The molecule has 0 aromatic rings. The molecule has 0 spiro atoms. The Balaban J connectivity index is 2.56. The largest absolute Gasteiger partial charge is 0.480 e. The van der Waals surface area contributed by atoms with Crippen LogP contribution < -0.4 is 11.1 Å². The van der Waals surface area contributed by atoms with E-state index >= 15 is 0 Å². The lowest BCUT2D eigenvalue weighted by molar-refractivity contribution is -0.149. The zero-order valence-corrected chi connectivity index (χ0v) is 9.50. The minimum absolute atomic E-state index is 0.199. The molecule has 0 aromatic carbocycles. The quantitative estimate of drug-likeness (QED) is 0.643. The highest BCUT2D eigenvalue weighted by molar-refractivity contribution is 5.87. The number of amides is 1. The van der Waals surface area contributed by atoms with Crippen LogP contribution in [-0.2, 0) is 9.59 Å². The molecule has 1 rings (SSSR count). The van der Waals surface area contributed by atoms with Gasteiger partial charge in [0, 0.05) is 6.42 Å². The van der Waals surface area contributed by atoms with Crippen LogP contribution in [0, 0.1) is 0 Å². The first kappa shape index (κ1) is 13.0. The Morgan fingerprint density at radius 3 is 2.38 bits per heavy atom. The molecule has 0 bridgehead atoms. The molecule has 1 saturated carbocycles. The van der Waals surface area contributed by atoms with Gasteiger partial charge in [-0.2, -0.15) is 0 Å². The average molecular weight is 228 g/mol. The maximum absolute atomic E-state index is 11.5. The highest BCUT2D eigenvalue weighted by Crippen LogP contribution is 2.28. The summed E-state index contributed by atoms with van der Waals surface area (Å²) in [4.78, 5) is 22.8. The van der Waals surface area contributed by atoms with E-state index in [4.69, 9.17) is 5.73 Å². The molecule has 1 fully saturated rings. The predicted octanol–water partition coefficient (Wildman–Crippen LogP) is 0.629. The molecule has 0 aliphatic heterocycles. The Morgan fingerprint density at radius 1 is 1.25 bits per heavy atom. The lowest BCUT2D eigenvalue weighted by Crippen LogP contribution is -2.55. The molecule has 5 heteroatoms. The number of aliphatic carboxylic acids is 1. The van der Waals surface area contributed by atoms with Crippen molar-refractivity contribution < 1.29 is 14.7 Å². The predicted molar refractivity (Wildman–Crippen MR) is 59.9 cm³/mol. The molecule has 4 N–H and O–H groups in total. The van der Waals surface area contributed by atoms with E-state index in [0.29, 0.717) is 32.2 Å². The van der Waals surface area contributed by atoms with Crippen LogP contribution in [0.4, 0.5) is 0 Å². The maximum atomic E-state index is 11.5. The Morgan fingerprint density at radius 2 is 1.88 bits per heavy atom. The van der Waals surface area contributed by atoms with Gasteiger partial charge in [-0.25, -0.2) is 4.79 Å². The van der Waals surface area contributed by atoms with E-state index in [0.717, 1.165) is 19.3 Å². The lowest BCUT2D eigenvalue weighted by atomic mass is 9.81. The Bertz CT molecular complexity index is 260. The molecule has 1 aliphatic rings. The van der Waals surface area contributed by atoms with E-state index in [1.165, 1.54) is 0 Å². The van der Waals surface area contributed by atoms with Crippen LogP contribution in [-0.4, -0.2) is 29.1 Å². The van der Waals surface area contributed by atoms with Crippen molar-refractivity contribution in [2.24, 2.45) is 5.73 Å². The molecule has 1 amide bonds. The molecule has 0 unspecified atom stereocenters. The van der Waals surface area contributed by atoms with Crippen LogP contribution in [0.5, 0.6) is 0 Å². The Hall–Kier alpha value is -1.10. The summed E-state index contributed by atoms with van der Waals surface area (Å²) < 4.78 is 0. The first-order valence-electron chi connectivity index (χ1n) is 5.85. The van der Waals surface area contributed by atoms with Crippen molar-refractivity contribution in [2.75, 3.05) is 6.54 Å². The molecular weight excluding hydrogens is 208 g/mol. The van der Waals surface area contributed by atoms with Gasteiger partial charge in [0.1, 0.15) is 5.54 Å². The van der Waals surface area contributed by atoms with Crippen molar-refractivity contribution in [3.05, 3.63) is 0 Å². The summed E-state index contributed by atoms with van der Waals surface area (Å²) in [7, 11) is 0. The summed E-state index contributed by atoms with van der Waals surface area (Å²) in [6.45, 7) is 0.452. The molecule has 0 heterocycles. The second-order valence-electron chi connectivity index (χ2n) is 4.39. The van der Waals surface area contributed by atoms with E-state index in [9.17, 15) is 14.7 Å². The van der Waals surface area contributed by atoms with Gasteiger partial charge in [0.05, 0.1) is 0 Å². The fourth-order valence-electron chi connectivity index (χ4n) is 2.14. The normalized spacial score (nSPS) is 19.1. The third-order valence-corrected chi connectivity index (χ3v) is 3.10. The van der Waals surface area contributed by atoms with E-state index in [1.807, 2.05) is 0 Å². The molecular formula is C11H20N2O3. The number of carbonyl (C=O) groups excluding carboxylic acids is 1. The third kappa shape index (κ3) is 3.20. The second kappa shape index (κ2) is 5.84. The summed E-state index contributed by atoms with van der Waals surface area (Å²) in [6, 6.07) is 0. The molecule has 5 nitrogen and oxygen atoms in total. The summed E-state index contributed by atoms with van der Waals surface area (Å²) in [6.07, 6.45) is 4.76. The molecule has 16 heavy (non-hydrogen) atoms. The van der Waals surface area contributed by atoms with Crippen molar-refractivity contribution in [1.82, 2.24) is 5.32 Å². The van der Waals surface area contributed by atoms with Crippen LogP contribution in [0.15, 0.2) is 0 Å². The minimum Gasteiger partial charge on any atom is -0.480 e. The van der Waals surface area contributed by atoms with Gasteiger partial charge < -0.3 is 16.2 Å². The fourth-order valence-corrected chi connectivity index (χ4v) is 2.14. The standard InChI is InChI=1S/C11H20N2O3/c12-8-4-5-9(14)13-11(10(15)16)6-2-1-3-7-11/h1-8,12H2,(H,13,14)(H,15,16). The van der Waals surface area contributed by atoms with Crippen LogP contribution >= 0.6 is 0 Å². The van der Waals surface area contributed by atoms with E-state index in [-0.39, 0.29) is 5.91 Å². The fraction of sp³-hybridized carbons (Fsp3) is 0.818. The number of nitrogens with one attached hydrogen (secondary N) is 1. The number of nitrogens with two attached hydrogens (primary N) is 1. The Labute approximate surface area is 95.4 Å². The highest BCUT2D eigenvalue weighted by atomic mass is 16.4. The molecule has 1 aliphatic carbocycles. The van der Waals surface area contributed by atoms with Gasteiger partial charge in [-0.3, -0.25) is 4.79 Å². The summed E-state index contributed by atoms with van der Waals surface area (Å²) in [5.74, 6) is -1.11. The highest BCUT2D eigenvalue weighted by Gasteiger charge is 2.40. The summed E-state index contributed by atoms with van der Waals surface area (Å²) >= 11 is 0. The monoisotopic (exact) mass is 228 g/mol. The van der Waals surface area contributed by atoms with Gasteiger partial charge >= 0.3 is 5.97 Å². The second-order valence-corrected chi connectivity index (χ2v) is 4.39. The van der Waals surface area contributed by atoms with Gasteiger partial charge in [-0.05, 0) is 25.8 Å². The number of rotatable bonds is 5. The maximum Gasteiger partial charge on any atom is 0.329 e. The van der Waals surface area contributed by atoms with Crippen LogP contribution in [0.2, 0.25) is 0 Å². The number of carboxylic acids is 1. The van der Waals surface area contributed by atoms with Gasteiger partial charge in [0.2, 0.25) is 5.91 Å². The van der Waals surface area contributed by atoms with E-state index in [1.54, 1.807) is 0 Å². The van der Waals surface area contributed by atoms with Gasteiger partial charge in [0.25, 0.3) is 0 Å². The minimum atomic E-state index is -1.02. The average Bonchev–Trinajstić information content (AvgIpc) is 2.27. The molecule has 92 valence electrons. The summed E-state index contributed by atoms with van der Waals surface area (Å²) in [5.41, 5.74) is 4.28. The smallest absolute Gasteiger partial charge is 0.329 e. The first-order valence-corrected chi connectivity index (χ1v) is 5.85. The van der Waals surface area contributed by atoms with Crippen molar-refractivity contribution >= 4 is 11.9 Å². The molecule has 0 saturated heterocycles. The Kier molecular flexibility index (Phi) is 4.73. The van der Waals surface area contributed by atoms with Crippen LogP contribution in [0.1, 0.15) is 44.9 Å².